The summed E-state index contributed by atoms with van der Waals surface area (Å²) in [5.74, 6) is 0. The predicted octanol–water partition coefficient (Wildman–Crippen LogP) is 3.06. The van der Waals surface area contributed by atoms with E-state index in [1.54, 1.807) is 0 Å². The van der Waals surface area contributed by atoms with E-state index >= 15 is 0 Å². The molecule has 0 aliphatic carbocycles. The summed E-state index contributed by atoms with van der Waals surface area (Å²) in [6.45, 7) is 9.09. The van der Waals surface area contributed by atoms with Crippen molar-refractivity contribution in [2.75, 3.05) is 20.1 Å². The van der Waals surface area contributed by atoms with Gasteiger partial charge in [-0.2, -0.15) is 0 Å². The van der Waals surface area contributed by atoms with Crippen molar-refractivity contribution in [2.24, 2.45) is 0 Å². The standard InChI is InChI=1S/C7H13N.I2/c1-4-6-8(3)7-5-2;1-2/h4-5H,1-2,6-7H2,3H3;. The van der Waals surface area contributed by atoms with Gasteiger partial charge in [-0.05, 0) is 7.05 Å². The molecule has 0 aromatic carbocycles. The Balaban J connectivity index is 0. The van der Waals surface area contributed by atoms with E-state index in [9.17, 15) is 0 Å². The molecular formula is C7H13I2N. The lowest BCUT2D eigenvalue weighted by molar-refractivity contribution is 0.413. The number of halogens is 2. The van der Waals surface area contributed by atoms with Crippen molar-refractivity contribution in [3.8, 4) is 0 Å². The normalized spacial score (nSPS) is 8.00. The molecule has 0 fully saturated rings. The Kier molecular flexibility index (Phi) is 16.9. The van der Waals surface area contributed by atoms with Gasteiger partial charge >= 0.3 is 0 Å². The number of likely N-dealkylation sites (N-methyl/N-ethyl adjacent to an activating group) is 1. The minimum absolute atomic E-state index is 0.937. The zero-order valence-corrected chi connectivity index (χ0v) is 10.5. The molecule has 0 aromatic heterocycles. The van der Waals surface area contributed by atoms with Gasteiger partial charge in [-0.15, -0.1) is 13.2 Å². The van der Waals surface area contributed by atoms with E-state index in [-0.39, 0.29) is 0 Å². The van der Waals surface area contributed by atoms with Gasteiger partial charge in [-0.1, -0.05) is 12.2 Å². The van der Waals surface area contributed by atoms with E-state index in [0.717, 1.165) is 13.1 Å². The molecule has 0 saturated carbocycles. The van der Waals surface area contributed by atoms with Crippen LogP contribution in [0.2, 0.25) is 0 Å². The predicted molar refractivity (Wildman–Crippen MR) is 65.9 cm³/mol. The fourth-order valence-corrected chi connectivity index (χ4v) is 0.515. The quantitative estimate of drug-likeness (QED) is 0.547. The number of hydrogen-bond donors (Lipinski definition) is 0. The van der Waals surface area contributed by atoms with Gasteiger partial charge in [0.1, 0.15) is 0 Å². The molecule has 0 spiro atoms. The summed E-state index contributed by atoms with van der Waals surface area (Å²) < 4.78 is 0. The van der Waals surface area contributed by atoms with Crippen LogP contribution in [0.1, 0.15) is 0 Å². The fraction of sp³-hybridized carbons (Fsp3) is 0.429. The topological polar surface area (TPSA) is 3.24 Å². The summed E-state index contributed by atoms with van der Waals surface area (Å²) in [5, 5.41) is 0. The molecular weight excluding hydrogens is 352 g/mol. The molecule has 0 aliphatic rings. The maximum atomic E-state index is 3.61. The first kappa shape index (κ1) is 13.5. The van der Waals surface area contributed by atoms with Crippen LogP contribution >= 0.6 is 37.2 Å². The zero-order valence-electron chi connectivity index (χ0n) is 6.19. The third kappa shape index (κ3) is 11.7. The lowest BCUT2D eigenvalue weighted by Gasteiger charge is -2.09. The molecule has 0 heterocycles. The maximum absolute atomic E-state index is 3.61. The van der Waals surface area contributed by atoms with E-state index in [0.29, 0.717) is 0 Å². The second-order valence-electron chi connectivity index (χ2n) is 1.80. The van der Waals surface area contributed by atoms with Crippen LogP contribution < -0.4 is 0 Å². The van der Waals surface area contributed by atoms with E-state index in [1.165, 1.54) is 0 Å². The summed E-state index contributed by atoms with van der Waals surface area (Å²) in [6, 6.07) is 0. The molecule has 0 unspecified atom stereocenters. The van der Waals surface area contributed by atoms with Crippen LogP contribution in [0.3, 0.4) is 0 Å². The van der Waals surface area contributed by atoms with Gasteiger partial charge in [-0.3, -0.25) is 4.90 Å². The fourth-order valence-electron chi connectivity index (χ4n) is 0.515. The lowest BCUT2D eigenvalue weighted by Crippen LogP contribution is -2.17. The molecule has 0 aliphatic heterocycles. The minimum atomic E-state index is 0.937. The Bertz CT molecular complexity index is 73.7. The summed E-state index contributed by atoms with van der Waals surface area (Å²) in [6.07, 6.45) is 3.76. The van der Waals surface area contributed by atoms with Crippen LogP contribution in [0, 0.1) is 0 Å². The van der Waals surface area contributed by atoms with Crippen molar-refractivity contribution >= 4 is 37.2 Å². The number of rotatable bonds is 4. The first-order chi connectivity index (χ1) is 4.81. The van der Waals surface area contributed by atoms with Crippen molar-refractivity contribution in [2.45, 2.75) is 0 Å². The molecule has 0 bridgehead atoms. The van der Waals surface area contributed by atoms with Crippen molar-refractivity contribution in [3.05, 3.63) is 25.3 Å². The summed E-state index contributed by atoms with van der Waals surface area (Å²) in [4.78, 5) is 2.12. The Morgan fingerprint density at radius 2 is 1.50 bits per heavy atom. The second kappa shape index (κ2) is 12.6. The smallest absolute Gasteiger partial charge is 0.0160 e. The molecule has 60 valence electrons. The van der Waals surface area contributed by atoms with Crippen LogP contribution in [0.15, 0.2) is 25.3 Å². The van der Waals surface area contributed by atoms with Crippen LogP contribution in [-0.2, 0) is 0 Å². The molecule has 0 radical (unpaired) electrons. The highest BCUT2D eigenvalue weighted by Gasteiger charge is 1.86. The van der Waals surface area contributed by atoms with E-state index in [1.807, 2.05) is 19.2 Å². The number of hydrogen-bond acceptors (Lipinski definition) is 1. The molecule has 0 rings (SSSR count). The molecule has 0 N–H and O–H groups in total. The highest BCUT2D eigenvalue weighted by atomic mass is 128. The van der Waals surface area contributed by atoms with Gasteiger partial charge in [0.25, 0.3) is 0 Å². The third-order valence-electron chi connectivity index (χ3n) is 0.882. The number of nitrogens with zero attached hydrogens (tertiary/aromatic N) is 1. The molecule has 0 aromatic rings. The van der Waals surface area contributed by atoms with E-state index in [4.69, 9.17) is 0 Å². The maximum Gasteiger partial charge on any atom is 0.0160 e. The minimum Gasteiger partial charge on any atom is -0.299 e. The third-order valence-corrected chi connectivity index (χ3v) is 0.882. The molecule has 10 heavy (non-hydrogen) atoms. The Labute approximate surface area is 86.9 Å². The van der Waals surface area contributed by atoms with Gasteiger partial charge in [0.15, 0.2) is 0 Å². The largest absolute Gasteiger partial charge is 0.299 e. The van der Waals surface area contributed by atoms with Crippen LogP contribution in [0.25, 0.3) is 0 Å². The van der Waals surface area contributed by atoms with Crippen LogP contribution in [-0.4, -0.2) is 25.0 Å². The SMILES string of the molecule is C=CCN(C)CC=C.II. The van der Waals surface area contributed by atoms with E-state index < -0.39 is 0 Å². The van der Waals surface area contributed by atoms with Gasteiger partial charge < -0.3 is 0 Å². The average molecular weight is 365 g/mol. The van der Waals surface area contributed by atoms with Gasteiger partial charge in [0.2, 0.25) is 0 Å². The molecule has 0 amide bonds. The summed E-state index contributed by atoms with van der Waals surface area (Å²) >= 11 is 4.24. The highest BCUT2D eigenvalue weighted by Crippen LogP contribution is 1.89. The zero-order chi connectivity index (χ0) is 8.41. The Morgan fingerprint density at radius 1 is 1.20 bits per heavy atom. The summed E-state index contributed by atoms with van der Waals surface area (Å²) in [7, 11) is 2.03. The molecule has 0 atom stereocenters. The first-order valence-corrected chi connectivity index (χ1v) is 9.14. The second-order valence-corrected chi connectivity index (χ2v) is 1.80. The van der Waals surface area contributed by atoms with E-state index in [2.05, 4.69) is 55.3 Å². The van der Waals surface area contributed by atoms with Crippen molar-refractivity contribution in [1.82, 2.24) is 4.90 Å². The molecule has 3 heteroatoms. The van der Waals surface area contributed by atoms with Gasteiger partial charge in [-0.25, -0.2) is 0 Å². The Hall–Kier alpha value is 0.900. The van der Waals surface area contributed by atoms with Crippen LogP contribution in [0.4, 0.5) is 0 Å². The average Bonchev–Trinajstić information content (AvgIpc) is 1.93. The monoisotopic (exact) mass is 365 g/mol. The summed E-state index contributed by atoms with van der Waals surface area (Å²) in [5.41, 5.74) is 0. The first-order valence-electron chi connectivity index (χ1n) is 2.86. The molecule has 0 saturated heterocycles. The molecule has 1 nitrogen and oxygen atoms in total. The Morgan fingerprint density at radius 3 is 1.70 bits per heavy atom. The highest BCUT2D eigenvalue weighted by molar-refractivity contribution is 15.0. The van der Waals surface area contributed by atoms with Crippen molar-refractivity contribution in [1.29, 1.82) is 0 Å². The van der Waals surface area contributed by atoms with Crippen LogP contribution in [0.5, 0.6) is 0 Å². The van der Waals surface area contributed by atoms with Gasteiger partial charge in [0, 0.05) is 50.3 Å². The van der Waals surface area contributed by atoms with Crippen molar-refractivity contribution in [3.63, 3.8) is 0 Å². The lowest BCUT2D eigenvalue weighted by atomic mass is 10.5. The van der Waals surface area contributed by atoms with Crippen molar-refractivity contribution < 1.29 is 0 Å². The van der Waals surface area contributed by atoms with Gasteiger partial charge in [0.05, 0.1) is 0 Å².